The summed E-state index contributed by atoms with van der Waals surface area (Å²) >= 11 is 0. The summed E-state index contributed by atoms with van der Waals surface area (Å²) in [6.45, 7) is 6.86. The van der Waals surface area contributed by atoms with Crippen molar-refractivity contribution in [2.45, 2.75) is 26.2 Å². The number of aromatic nitrogens is 2. The minimum Gasteiger partial charge on any atom is -0.278 e. The molecule has 0 radical (unpaired) electrons. The van der Waals surface area contributed by atoms with Crippen molar-refractivity contribution in [1.29, 1.82) is 0 Å². The number of pyridine rings is 2. The standard InChI is InChI=1S/C30H25N3/c1-30(2,3)24-16-12-20-11-15-23-25(17-13-21-10-14-22(24)28(20)29(21)23)33(26-8-4-6-18-31-26)27-9-5-7-19-32-27/h4-19H,1-3H3. The van der Waals surface area contributed by atoms with E-state index in [1.807, 2.05) is 48.8 Å². The van der Waals surface area contributed by atoms with Crippen molar-refractivity contribution in [3.8, 4) is 0 Å². The van der Waals surface area contributed by atoms with Crippen molar-refractivity contribution in [2.75, 3.05) is 4.90 Å². The lowest BCUT2D eigenvalue weighted by molar-refractivity contribution is 0.596. The zero-order valence-corrected chi connectivity index (χ0v) is 19.1. The molecule has 6 rings (SSSR count). The summed E-state index contributed by atoms with van der Waals surface area (Å²) in [5, 5.41) is 7.69. The summed E-state index contributed by atoms with van der Waals surface area (Å²) in [6.07, 6.45) is 3.66. The third-order valence-electron chi connectivity index (χ3n) is 6.45. The Labute approximate surface area is 193 Å². The van der Waals surface area contributed by atoms with Crippen LogP contribution in [0.2, 0.25) is 0 Å². The van der Waals surface area contributed by atoms with Gasteiger partial charge in [0.2, 0.25) is 0 Å². The Morgan fingerprint density at radius 1 is 0.576 bits per heavy atom. The molecule has 0 amide bonds. The maximum absolute atomic E-state index is 4.67. The van der Waals surface area contributed by atoms with Crippen molar-refractivity contribution < 1.29 is 0 Å². The van der Waals surface area contributed by atoms with Gasteiger partial charge in [-0.3, -0.25) is 4.90 Å². The van der Waals surface area contributed by atoms with E-state index in [2.05, 4.69) is 84.2 Å². The number of hydrogen-bond donors (Lipinski definition) is 0. The Kier molecular flexibility index (Phi) is 4.34. The van der Waals surface area contributed by atoms with Gasteiger partial charge in [0.25, 0.3) is 0 Å². The second-order valence-corrected chi connectivity index (χ2v) is 9.58. The normalized spacial score (nSPS) is 12.1. The van der Waals surface area contributed by atoms with E-state index < -0.39 is 0 Å². The molecule has 0 spiro atoms. The predicted molar refractivity (Wildman–Crippen MR) is 139 cm³/mol. The first-order valence-electron chi connectivity index (χ1n) is 11.4. The third-order valence-corrected chi connectivity index (χ3v) is 6.45. The van der Waals surface area contributed by atoms with Gasteiger partial charge >= 0.3 is 0 Å². The summed E-state index contributed by atoms with van der Waals surface area (Å²) in [7, 11) is 0. The number of anilines is 3. The molecule has 0 fully saturated rings. The summed E-state index contributed by atoms with van der Waals surface area (Å²) in [5.74, 6) is 1.70. The van der Waals surface area contributed by atoms with E-state index in [9.17, 15) is 0 Å². The minimum atomic E-state index is 0.0685. The molecule has 0 N–H and O–H groups in total. The molecule has 2 aromatic heterocycles. The molecule has 0 aliphatic carbocycles. The lowest BCUT2D eigenvalue weighted by atomic mass is 9.81. The monoisotopic (exact) mass is 427 g/mol. The van der Waals surface area contributed by atoms with Crippen molar-refractivity contribution in [3.05, 3.63) is 103 Å². The van der Waals surface area contributed by atoms with E-state index in [1.165, 1.54) is 37.9 Å². The molecule has 3 nitrogen and oxygen atoms in total. The fourth-order valence-electron chi connectivity index (χ4n) is 4.97. The Bertz CT molecular complexity index is 1540. The summed E-state index contributed by atoms with van der Waals surface area (Å²) in [4.78, 5) is 11.5. The molecule has 2 heterocycles. The Hall–Kier alpha value is -3.98. The van der Waals surface area contributed by atoms with E-state index in [-0.39, 0.29) is 5.41 Å². The zero-order valence-electron chi connectivity index (χ0n) is 19.1. The van der Waals surface area contributed by atoms with Crippen LogP contribution in [0.1, 0.15) is 26.3 Å². The highest BCUT2D eigenvalue weighted by molar-refractivity contribution is 6.26. The lowest BCUT2D eigenvalue weighted by Crippen LogP contribution is -2.13. The molecule has 3 heteroatoms. The summed E-state index contributed by atoms with van der Waals surface area (Å²) in [5.41, 5.74) is 2.52. The van der Waals surface area contributed by atoms with Crippen LogP contribution in [0.3, 0.4) is 0 Å². The van der Waals surface area contributed by atoms with Gasteiger partial charge in [0.05, 0.1) is 5.69 Å². The smallest absolute Gasteiger partial charge is 0.138 e. The summed E-state index contributed by atoms with van der Waals surface area (Å²) in [6, 6.07) is 30.0. The number of rotatable bonds is 3. The number of hydrogen-bond acceptors (Lipinski definition) is 3. The quantitative estimate of drug-likeness (QED) is 0.267. The molecule has 0 saturated heterocycles. The third kappa shape index (κ3) is 3.12. The summed E-state index contributed by atoms with van der Waals surface area (Å²) < 4.78 is 0. The first kappa shape index (κ1) is 19.7. The van der Waals surface area contributed by atoms with Crippen LogP contribution in [0.5, 0.6) is 0 Å². The van der Waals surface area contributed by atoms with Crippen LogP contribution in [0.25, 0.3) is 32.3 Å². The van der Waals surface area contributed by atoms with E-state index in [0.29, 0.717) is 0 Å². The molecule has 0 saturated carbocycles. The Morgan fingerprint density at radius 2 is 1.12 bits per heavy atom. The molecule has 0 aliphatic heterocycles. The predicted octanol–water partition coefficient (Wildman–Crippen LogP) is 8.14. The molecular weight excluding hydrogens is 402 g/mol. The van der Waals surface area contributed by atoms with Crippen LogP contribution in [-0.4, -0.2) is 9.97 Å². The van der Waals surface area contributed by atoms with Crippen LogP contribution < -0.4 is 4.90 Å². The minimum absolute atomic E-state index is 0.0685. The van der Waals surface area contributed by atoms with E-state index in [0.717, 1.165) is 17.3 Å². The number of nitrogens with zero attached hydrogens (tertiary/aromatic N) is 3. The van der Waals surface area contributed by atoms with Gasteiger partial charge in [0.1, 0.15) is 11.6 Å². The second kappa shape index (κ2) is 7.28. The van der Waals surface area contributed by atoms with Crippen LogP contribution >= 0.6 is 0 Å². The van der Waals surface area contributed by atoms with Gasteiger partial charge in [-0.05, 0) is 68.2 Å². The first-order chi connectivity index (χ1) is 16.0. The maximum atomic E-state index is 4.67. The molecular formula is C30H25N3. The molecule has 4 aromatic carbocycles. The molecule has 0 unspecified atom stereocenters. The Morgan fingerprint density at radius 3 is 1.70 bits per heavy atom. The largest absolute Gasteiger partial charge is 0.278 e. The average molecular weight is 428 g/mol. The van der Waals surface area contributed by atoms with Gasteiger partial charge in [-0.15, -0.1) is 0 Å². The lowest BCUT2D eigenvalue weighted by Gasteiger charge is -2.26. The van der Waals surface area contributed by atoms with Gasteiger partial charge in [-0.25, -0.2) is 9.97 Å². The van der Waals surface area contributed by atoms with Crippen molar-refractivity contribution >= 4 is 49.6 Å². The van der Waals surface area contributed by atoms with Crippen LogP contribution in [0.4, 0.5) is 17.3 Å². The van der Waals surface area contributed by atoms with Crippen molar-refractivity contribution in [2.24, 2.45) is 0 Å². The highest BCUT2D eigenvalue weighted by Crippen LogP contribution is 2.44. The molecule has 0 atom stereocenters. The van der Waals surface area contributed by atoms with Crippen molar-refractivity contribution in [3.63, 3.8) is 0 Å². The van der Waals surface area contributed by atoms with Crippen molar-refractivity contribution in [1.82, 2.24) is 9.97 Å². The van der Waals surface area contributed by atoms with Crippen LogP contribution in [-0.2, 0) is 5.41 Å². The topological polar surface area (TPSA) is 29.0 Å². The number of benzene rings is 4. The maximum Gasteiger partial charge on any atom is 0.138 e. The SMILES string of the molecule is CC(C)(C)c1ccc2ccc3c(N(c4ccccn4)c4ccccn4)ccc4ccc1c2c43. The fraction of sp³-hybridized carbons (Fsp3) is 0.133. The highest BCUT2D eigenvalue weighted by atomic mass is 15.2. The van der Waals surface area contributed by atoms with Gasteiger partial charge in [0, 0.05) is 17.8 Å². The van der Waals surface area contributed by atoms with Gasteiger partial charge in [-0.1, -0.05) is 75.4 Å². The zero-order chi connectivity index (χ0) is 22.6. The molecule has 33 heavy (non-hydrogen) atoms. The first-order valence-corrected chi connectivity index (χ1v) is 11.4. The van der Waals surface area contributed by atoms with E-state index in [4.69, 9.17) is 0 Å². The van der Waals surface area contributed by atoms with Crippen LogP contribution in [0.15, 0.2) is 97.3 Å². The second-order valence-electron chi connectivity index (χ2n) is 9.58. The van der Waals surface area contributed by atoms with E-state index >= 15 is 0 Å². The fourth-order valence-corrected chi connectivity index (χ4v) is 4.97. The van der Waals surface area contributed by atoms with E-state index in [1.54, 1.807) is 0 Å². The average Bonchev–Trinajstić information content (AvgIpc) is 2.84. The van der Waals surface area contributed by atoms with Gasteiger partial charge in [0.15, 0.2) is 0 Å². The molecule has 160 valence electrons. The molecule has 0 aliphatic rings. The van der Waals surface area contributed by atoms with Gasteiger partial charge in [-0.2, -0.15) is 0 Å². The molecule has 6 aromatic rings. The Balaban J connectivity index is 1.72. The highest BCUT2D eigenvalue weighted by Gasteiger charge is 2.22. The van der Waals surface area contributed by atoms with Gasteiger partial charge < -0.3 is 0 Å². The van der Waals surface area contributed by atoms with Crippen LogP contribution in [0, 0.1) is 0 Å². The molecule has 0 bridgehead atoms.